The van der Waals surface area contributed by atoms with Gasteiger partial charge in [0, 0.05) is 28.9 Å². The molecule has 4 aromatic rings. The van der Waals surface area contributed by atoms with Crippen molar-refractivity contribution in [3.05, 3.63) is 92.3 Å². The Hall–Kier alpha value is -3.19. The van der Waals surface area contributed by atoms with E-state index in [0.29, 0.717) is 33.5 Å². The lowest BCUT2D eigenvalue weighted by molar-refractivity contribution is 0.0993. The van der Waals surface area contributed by atoms with Crippen LogP contribution in [0, 0.1) is 0 Å². The molecule has 0 amide bonds. The smallest absolute Gasteiger partial charge is 0.272 e. The summed E-state index contributed by atoms with van der Waals surface area (Å²) in [4.78, 5) is 27.1. The molecule has 0 bridgehead atoms. The molecule has 0 fully saturated rings. The van der Waals surface area contributed by atoms with Gasteiger partial charge in [-0.3, -0.25) is 9.59 Å². The number of rotatable bonds is 8. The van der Waals surface area contributed by atoms with Crippen molar-refractivity contribution in [1.29, 1.82) is 0 Å². The molecule has 0 saturated heterocycles. The average molecular weight is 496 g/mol. The van der Waals surface area contributed by atoms with Crippen molar-refractivity contribution < 1.29 is 9.53 Å². The molecule has 3 aromatic carbocycles. The molecule has 0 atom stereocenters. The molecule has 8 heteroatoms. The Morgan fingerprint density at radius 1 is 1.00 bits per heavy atom. The van der Waals surface area contributed by atoms with Gasteiger partial charge in [-0.05, 0) is 67.2 Å². The number of nitrogens with one attached hydrogen (secondary N) is 1. The van der Waals surface area contributed by atoms with Crippen LogP contribution < -0.4 is 10.3 Å². The van der Waals surface area contributed by atoms with Crippen molar-refractivity contribution in [1.82, 2.24) is 15.1 Å². The number of aromatic amines is 1. The first-order chi connectivity index (χ1) is 16.3. The molecule has 0 unspecified atom stereocenters. The number of ketones is 1. The molecule has 1 heterocycles. The SMILES string of the molecule is CN(C)CCOc1cccc(-c2ccc(Cl)c(CC(=O)c3ccc4c(=O)[nH]nc(Cl)c4c3)c2)c1. The third-order valence-corrected chi connectivity index (χ3v) is 6.09. The number of fused-ring (bicyclic) bond motifs is 1. The number of benzene rings is 3. The summed E-state index contributed by atoms with van der Waals surface area (Å²) in [5, 5.41) is 7.55. The monoisotopic (exact) mass is 495 g/mol. The number of hydrogen-bond donors (Lipinski definition) is 1. The highest BCUT2D eigenvalue weighted by atomic mass is 35.5. The van der Waals surface area contributed by atoms with Gasteiger partial charge in [0.15, 0.2) is 10.9 Å². The van der Waals surface area contributed by atoms with Gasteiger partial charge in [-0.15, -0.1) is 0 Å². The predicted molar refractivity (Wildman–Crippen MR) is 136 cm³/mol. The molecular formula is C26H23Cl2N3O3. The number of ether oxygens (including phenoxy) is 1. The highest BCUT2D eigenvalue weighted by Crippen LogP contribution is 2.29. The number of likely N-dealkylation sites (N-methyl/N-ethyl adjacent to an activating group) is 1. The van der Waals surface area contributed by atoms with Gasteiger partial charge in [-0.2, -0.15) is 5.10 Å². The van der Waals surface area contributed by atoms with Crippen LogP contribution in [0.3, 0.4) is 0 Å². The van der Waals surface area contributed by atoms with E-state index < -0.39 is 0 Å². The quantitative estimate of drug-likeness (QED) is 0.337. The fraction of sp³-hybridized carbons (Fsp3) is 0.192. The summed E-state index contributed by atoms with van der Waals surface area (Å²) in [6.07, 6.45) is 0.103. The number of nitrogens with zero attached hydrogens (tertiary/aromatic N) is 2. The highest BCUT2D eigenvalue weighted by Gasteiger charge is 2.14. The summed E-state index contributed by atoms with van der Waals surface area (Å²) in [7, 11) is 4.00. The van der Waals surface area contributed by atoms with Crippen LogP contribution in [-0.2, 0) is 6.42 Å². The van der Waals surface area contributed by atoms with Crippen molar-refractivity contribution in [2.24, 2.45) is 0 Å². The number of aromatic nitrogens is 2. The Morgan fingerprint density at radius 3 is 2.59 bits per heavy atom. The first-order valence-corrected chi connectivity index (χ1v) is 11.4. The number of Topliss-reactive ketones (excluding diaryl/α,β-unsaturated/α-hetero) is 1. The highest BCUT2D eigenvalue weighted by molar-refractivity contribution is 6.34. The van der Waals surface area contributed by atoms with Gasteiger partial charge in [-0.1, -0.05) is 47.5 Å². The van der Waals surface area contributed by atoms with E-state index >= 15 is 0 Å². The molecule has 1 aromatic heterocycles. The molecule has 1 N–H and O–H groups in total. The minimum atomic E-state index is -0.359. The Bertz CT molecular complexity index is 1420. The van der Waals surface area contributed by atoms with E-state index in [1.165, 1.54) is 0 Å². The van der Waals surface area contributed by atoms with Gasteiger partial charge < -0.3 is 9.64 Å². The summed E-state index contributed by atoms with van der Waals surface area (Å²) < 4.78 is 5.85. The molecule has 6 nitrogen and oxygen atoms in total. The fourth-order valence-electron chi connectivity index (χ4n) is 3.58. The Morgan fingerprint density at radius 2 is 1.79 bits per heavy atom. The van der Waals surface area contributed by atoms with Crippen LogP contribution in [-0.4, -0.2) is 48.1 Å². The van der Waals surface area contributed by atoms with E-state index in [4.69, 9.17) is 27.9 Å². The first kappa shape index (κ1) is 24.0. The summed E-state index contributed by atoms with van der Waals surface area (Å²) in [6.45, 7) is 1.41. The predicted octanol–water partition coefficient (Wildman–Crippen LogP) is 5.26. The van der Waals surface area contributed by atoms with Crippen LogP contribution in [0.5, 0.6) is 5.75 Å². The molecule has 174 valence electrons. The van der Waals surface area contributed by atoms with Crippen molar-refractivity contribution in [3.63, 3.8) is 0 Å². The maximum absolute atomic E-state index is 13.0. The third kappa shape index (κ3) is 5.47. The average Bonchev–Trinajstić information content (AvgIpc) is 2.82. The molecule has 0 aliphatic heterocycles. The van der Waals surface area contributed by atoms with Crippen molar-refractivity contribution >= 4 is 39.8 Å². The first-order valence-electron chi connectivity index (χ1n) is 10.7. The van der Waals surface area contributed by atoms with E-state index in [0.717, 1.165) is 23.4 Å². The lowest BCUT2D eigenvalue weighted by Gasteiger charge is -2.12. The van der Waals surface area contributed by atoms with E-state index in [1.807, 2.05) is 50.5 Å². The molecule has 4 rings (SSSR count). The second kappa shape index (κ2) is 10.4. The topological polar surface area (TPSA) is 75.3 Å². The fourth-order valence-corrected chi connectivity index (χ4v) is 3.97. The van der Waals surface area contributed by atoms with Crippen molar-refractivity contribution in [3.8, 4) is 16.9 Å². The van der Waals surface area contributed by atoms with Gasteiger partial charge in [0.25, 0.3) is 5.56 Å². The second-order valence-corrected chi connectivity index (χ2v) is 8.95. The zero-order chi connectivity index (χ0) is 24.2. The van der Waals surface area contributed by atoms with Crippen LogP contribution in [0.25, 0.3) is 21.9 Å². The molecule has 0 radical (unpaired) electrons. The van der Waals surface area contributed by atoms with Crippen LogP contribution in [0.15, 0.2) is 65.5 Å². The molecular weight excluding hydrogens is 473 g/mol. The lowest BCUT2D eigenvalue weighted by Crippen LogP contribution is -2.19. The lowest BCUT2D eigenvalue weighted by atomic mass is 9.97. The number of carbonyl (C=O) groups is 1. The number of hydrogen-bond acceptors (Lipinski definition) is 5. The van der Waals surface area contributed by atoms with Crippen molar-refractivity contribution in [2.75, 3.05) is 27.2 Å². The minimum Gasteiger partial charge on any atom is -0.492 e. The summed E-state index contributed by atoms with van der Waals surface area (Å²) in [5.41, 5.74) is 2.68. The zero-order valence-electron chi connectivity index (χ0n) is 18.8. The summed E-state index contributed by atoms with van der Waals surface area (Å²) >= 11 is 12.5. The second-order valence-electron chi connectivity index (χ2n) is 8.19. The van der Waals surface area contributed by atoms with Crippen LogP contribution in [0.2, 0.25) is 10.2 Å². The van der Waals surface area contributed by atoms with E-state index in [1.54, 1.807) is 24.3 Å². The van der Waals surface area contributed by atoms with Crippen molar-refractivity contribution in [2.45, 2.75) is 6.42 Å². The normalized spacial score (nSPS) is 11.2. The van der Waals surface area contributed by atoms with Gasteiger partial charge in [0.1, 0.15) is 12.4 Å². The van der Waals surface area contributed by atoms with Crippen LogP contribution in [0.1, 0.15) is 15.9 Å². The standard InChI is InChI=1S/C26H23Cl2N3O3/c1-31(2)10-11-34-20-5-3-4-16(13-20)17-7-9-23(27)19(12-17)15-24(32)18-6-8-21-22(14-18)25(28)29-30-26(21)33/h3-9,12-14H,10-11,15H2,1-2H3,(H,30,33). The van der Waals surface area contributed by atoms with Gasteiger partial charge in [0.2, 0.25) is 0 Å². The number of H-pyrrole nitrogens is 1. The Kier molecular flexibility index (Phi) is 7.32. The number of carbonyl (C=O) groups excluding carboxylic acids is 1. The van der Waals surface area contributed by atoms with Gasteiger partial charge in [0.05, 0.1) is 5.39 Å². The molecule has 0 saturated carbocycles. The summed E-state index contributed by atoms with van der Waals surface area (Å²) in [6, 6.07) is 18.2. The van der Waals surface area contributed by atoms with E-state index in [2.05, 4.69) is 15.1 Å². The van der Waals surface area contributed by atoms with Gasteiger partial charge in [-0.25, -0.2) is 5.10 Å². The number of halogens is 2. The molecule has 0 spiro atoms. The maximum atomic E-state index is 13.0. The van der Waals surface area contributed by atoms with E-state index in [-0.39, 0.29) is 22.9 Å². The van der Waals surface area contributed by atoms with Crippen LogP contribution in [0.4, 0.5) is 0 Å². The van der Waals surface area contributed by atoms with E-state index in [9.17, 15) is 9.59 Å². The minimum absolute atomic E-state index is 0.103. The Labute approximate surface area is 207 Å². The van der Waals surface area contributed by atoms with Crippen LogP contribution >= 0.6 is 23.2 Å². The Balaban J connectivity index is 1.57. The maximum Gasteiger partial charge on any atom is 0.272 e. The summed E-state index contributed by atoms with van der Waals surface area (Å²) in [5.74, 6) is 0.640. The molecule has 34 heavy (non-hydrogen) atoms. The van der Waals surface area contributed by atoms with Gasteiger partial charge >= 0.3 is 0 Å². The zero-order valence-corrected chi connectivity index (χ0v) is 20.3. The molecule has 0 aliphatic carbocycles. The molecule has 0 aliphatic rings. The largest absolute Gasteiger partial charge is 0.492 e. The third-order valence-electron chi connectivity index (χ3n) is 5.44.